The molecule has 5 heteroatoms. The summed E-state index contributed by atoms with van der Waals surface area (Å²) >= 11 is 6.05. The maximum absolute atomic E-state index is 12.1. The van der Waals surface area contributed by atoms with Crippen molar-refractivity contribution in [2.45, 2.75) is 13.3 Å². The van der Waals surface area contributed by atoms with Gasteiger partial charge in [0.1, 0.15) is 0 Å². The lowest BCUT2D eigenvalue weighted by Gasteiger charge is -2.10. The Kier molecular flexibility index (Phi) is 5.28. The first-order valence-electron chi connectivity index (χ1n) is 6.80. The normalized spacial score (nSPS) is 10.2. The van der Waals surface area contributed by atoms with Gasteiger partial charge in [-0.25, -0.2) is 0 Å². The molecule has 0 fully saturated rings. The van der Waals surface area contributed by atoms with Gasteiger partial charge in [0.25, 0.3) is 0 Å². The van der Waals surface area contributed by atoms with E-state index in [1.807, 2.05) is 25.1 Å². The number of hydrogen-bond acceptors (Lipinski definition) is 3. The van der Waals surface area contributed by atoms with Crippen LogP contribution >= 0.6 is 11.6 Å². The van der Waals surface area contributed by atoms with Crippen molar-refractivity contribution in [2.24, 2.45) is 0 Å². The van der Waals surface area contributed by atoms with Gasteiger partial charge in [-0.2, -0.15) is 0 Å². The van der Waals surface area contributed by atoms with Crippen LogP contribution in [0.25, 0.3) is 0 Å². The second-order valence-corrected chi connectivity index (χ2v) is 5.29. The average Bonchev–Trinajstić information content (AvgIpc) is 2.50. The van der Waals surface area contributed by atoms with Gasteiger partial charge in [-0.15, -0.1) is 0 Å². The average molecular weight is 320 g/mol. The number of carbonyl (C=O) groups excluding carboxylic acids is 1. The van der Waals surface area contributed by atoms with Crippen LogP contribution in [0.3, 0.4) is 0 Å². The number of hydrogen-bond donors (Lipinski definition) is 1. The maximum Gasteiger partial charge on any atom is 0.228 e. The van der Waals surface area contributed by atoms with Crippen LogP contribution in [-0.2, 0) is 11.2 Å². The van der Waals surface area contributed by atoms with Gasteiger partial charge in [0.05, 0.1) is 20.6 Å². The van der Waals surface area contributed by atoms with Crippen LogP contribution in [0.2, 0.25) is 5.02 Å². The highest BCUT2D eigenvalue weighted by molar-refractivity contribution is 6.31. The molecule has 1 amide bonds. The van der Waals surface area contributed by atoms with Gasteiger partial charge < -0.3 is 14.8 Å². The minimum atomic E-state index is -0.118. The van der Waals surface area contributed by atoms with Gasteiger partial charge in [-0.05, 0) is 42.3 Å². The van der Waals surface area contributed by atoms with Gasteiger partial charge in [0.15, 0.2) is 11.5 Å². The Morgan fingerprint density at radius 2 is 1.82 bits per heavy atom. The molecular formula is C17H18ClNO3. The third-order valence-corrected chi connectivity index (χ3v) is 3.68. The third-order valence-electron chi connectivity index (χ3n) is 3.27. The Bertz CT molecular complexity index is 686. The third kappa shape index (κ3) is 3.92. The summed E-state index contributed by atoms with van der Waals surface area (Å²) in [6.45, 7) is 1.91. The van der Waals surface area contributed by atoms with E-state index in [1.165, 1.54) is 0 Å². The maximum atomic E-state index is 12.1. The van der Waals surface area contributed by atoms with Gasteiger partial charge >= 0.3 is 0 Å². The number of carbonyl (C=O) groups is 1. The molecule has 0 saturated carbocycles. The Labute approximate surface area is 135 Å². The van der Waals surface area contributed by atoms with E-state index in [-0.39, 0.29) is 12.3 Å². The number of aryl methyl sites for hydroxylation is 1. The van der Waals surface area contributed by atoms with Crippen molar-refractivity contribution in [2.75, 3.05) is 19.5 Å². The zero-order chi connectivity index (χ0) is 16.1. The topological polar surface area (TPSA) is 47.6 Å². The summed E-state index contributed by atoms with van der Waals surface area (Å²) in [5.74, 6) is 1.12. The van der Waals surface area contributed by atoms with Crippen LogP contribution in [0.1, 0.15) is 11.1 Å². The molecule has 0 aliphatic rings. The largest absolute Gasteiger partial charge is 0.493 e. The van der Waals surface area contributed by atoms with Gasteiger partial charge in [0.2, 0.25) is 5.91 Å². The summed E-state index contributed by atoms with van der Waals surface area (Å²) in [5.41, 5.74) is 2.49. The molecule has 1 N–H and O–H groups in total. The molecule has 0 spiro atoms. The van der Waals surface area contributed by atoms with Crippen LogP contribution in [0.4, 0.5) is 5.69 Å². The van der Waals surface area contributed by atoms with E-state index in [9.17, 15) is 4.79 Å². The van der Waals surface area contributed by atoms with Crippen LogP contribution in [0.15, 0.2) is 36.4 Å². The Balaban J connectivity index is 2.07. The highest BCUT2D eigenvalue weighted by atomic mass is 35.5. The summed E-state index contributed by atoms with van der Waals surface area (Å²) in [5, 5.41) is 3.46. The predicted octanol–water partition coefficient (Wildman–Crippen LogP) is 3.85. The summed E-state index contributed by atoms with van der Waals surface area (Å²) in [4.78, 5) is 12.1. The number of ether oxygens (including phenoxy) is 2. The molecule has 0 aliphatic heterocycles. The molecule has 4 nitrogen and oxygen atoms in total. The summed E-state index contributed by atoms with van der Waals surface area (Å²) in [6.07, 6.45) is 0.242. The lowest BCUT2D eigenvalue weighted by atomic mass is 10.1. The van der Waals surface area contributed by atoms with E-state index < -0.39 is 0 Å². The van der Waals surface area contributed by atoms with Crippen LogP contribution in [0.5, 0.6) is 11.5 Å². The lowest BCUT2D eigenvalue weighted by molar-refractivity contribution is -0.115. The molecule has 0 heterocycles. The number of benzene rings is 2. The van der Waals surface area contributed by atoms with Gasteiger partial charge in [0, 0.05) is 10.7 Å². The van der Waals surface area contributed by atoms with E-state index >= 15 is 0 Å². The molecule has 0 aromatic heterocycles. The molecule has 116 valence electrons. The van der Waals surface area contributed by atoms with Crippen molar-refractivity contribution >= 4 is 23.2 Å². The predicted molar refractivity (Wildman–Crippen MR) is 88.1 cm³/mol. The van der Waals surface area contributed by atoms with Crippen LogP contribution < -0.4 is 14.8 Å². The number of amides is 1. The molecule has 22 heavy (non-hydrogen) atoms. The van der Waals surface area contributed by atoms with Gasteiger partial charge in [-0.1, -0.05) is 23.7 Å². The van der Waals surface area contributed by atoms with E-state index in [0.29, 0.717) is 22.2 Å². The summed E-state index contributed by atoms with van der Waals surface area (Å²) in [6, 6.07) is 10.8. The fourth-order valence-electron chi connectivity index (χ4n) is 2.05. The molecule has 2 aromatic rings. The van der Waals surface area contributed by atoms with Crippen molar-refractivity contribution in [3.63, 3.8) is 0 Å². The zero-order valence-corrected chi connectivity index (χ0v) is 13.5. The second-order valence-electron chi connectivity index (χ2n) is 4.88. The molecule has 2 aromatic carbocycles. The molecule has 2 rings (SSSR count). The first kappa shape index (κ1) is 16.2. The minimum Gasteiger partial charge on any atom is -0.493 e. The molecule has 0 radical (unpaired) electrons. The van der Waals surface area contributed by atoms with E-state index in [1.54, 1.807) is 32.4 Å². The Morgan fingerprint density at radius 1 is 1.09 bits per heavy atom. The number of methoxy groups -OCH3 is 2. The second kappa shape index (κ2) is 7.18. The van der Waals surface area contributed by atoms with Crippen LogP contribution in [-0.4, -0.2) is 20.1 Å². The highest BCUT2D eigenvalue weighted by Crippen LogP contribution is 2.28. The van der Waals surface area contributed by atoms with E-state index in [2.05, 4.69) is 5.32 Å². The standard InChI is InChI=1S/C17H18ClNO3/c1-11-4-6-13(10-14(11)18)19-17(20)9-12-5-7-15(21-2)16(8-12)22-3/h4-8,10H,9H2,1-3H3,(H,19,20). The molecule has 0 aliphatic carbocycles. The van der Waals surface area contributed by atoms with Crippen molar-refractivity contribution in [1.82, 2.24) is 0 Å². The number of nitrogens with one attached hydrogen (secondary N) is 1. The lowest BCUT2D eigenvalue weighted by Crippen LogP contribution is -2.14. The zero-order valence-electron chi connectivity index (χ0n) is 12.8. The van der Waals surface area contributed by atoms with Crippen molar-refractivity contribution in [3.05, 3.63) is 52.5 Å². The SMILES string of the molecule is COc1ccc(CC(=O)Nc2ccc(C)c(Cl)c2)cc1OC. The molecule has 0 saturated heterocycles. The van der Waals surface area contributed by atoms with Crippen molar-refractivity contribution in [3.8, 4) is 11.5 Å². The monoisotopic (exact) mass is 319 g/mol. The smallest absolute Gasteiger partial charge is 0.228 e. The summed E-state index contributed by atoms with van der Waals surface area (Å²) in [7, 11) is 3.14. The van der Waals surface area contributed by atoms with Crippen LogP contribution in [0, 0.1) is 6.92 Å². The quantitative estimate of drug-likeness (QED) is 0.910. The fourth-order valence-corrected chi connectivity index (χ4v) is 2.23. The number of rotatable bonds is 5. The molecular weight excluding hydrogens is 302 g/mol. The van der Waals surface area contributed by atoms with Gasteiger partial charge in [-0.3, -0.25) is 4.79 Å². The summed E-state index contributed by atoms with van der Waals surface area (Å²) < 4.78 is 10.4. The van der Waals surface area contributed by atoms with Crippen molar-refractivity contribution in [1.29, 1.82) is 0 Å². The first-order chi connectivity index (χ1) is 10.5. The number of anilines is 1. The van der Waals surface area contributed by atoms with E-state index in [0.717, 1.165) is 11.1 Å². The number of halogens is 1. The first-order valence-corrected chi connectivity index (χ1v) is 7.18. The Morgan fingerprint density at radius 3 is 2.45 bits per heavy atom. The highest BCUT2D eigenvalue weighted by Gasteiger charge is 2.09. The minimum absolute atomic E-state index is 0.118. The Hall–Kier alpha value is -2.20. The molecule has 0 bridgehead atoms. The molecule has 0 unspecified atom stereocenters. The fraction of sp³-hybridized carbons (Fsp3) is 0.235. The van der Waals surface area contributed by atoms with Crippen molar-refractivity contribution < 1.29 is 14.3 Å². The van der Waals surface area contributed by atoms with E-state index in [4.69, 9.17) is 21.1 Å². The molecule has 0 atom stereocenters.